The van der Waals surface area contributed by atoms with Crippen LogP contribution in [0.3, 0.4) is 0 Å². The molecule has 2 aliphatic rings. The molecule has 0 saturated heterocycles. The summed E-state index contributed by atoms with van der Waals surface area (Å²) < 4.78 is -0.183. The molecule has 0 saturated carbocycles. The van der Waals surface area contributed by atoms with Gasteiger partial charge < -0.3 is 0 Å². The fourth-order valence-corrected chi connectivity index (χ4v) is 40.9. The number of allylic oxidation sites excluding steroid dienone is 2. The van der Waals surface area contributed by atoms with Crippen LogP contribution in [0.1, 0.15) is 71.0 Å². The Morgan fingerprint density at radius 3 is 0.946 bits per heavy atom. The predicted octanol–water partition coefficient (Wildman–Crippen LogP) is 16.0. The molecule has 0 bridgehead atoms. The van der Waals surface area contributed by atoms with Crippen molar-refractivity contribution in [1.29, 1.82) is 0 Å². The van der Waals surface area contributed by atoms with Crippen molar-refractivity contribution in [2.75, 3.05) is 0 Å². The van der Waals surface area contributed by atoms with Crippen molar-refractivity contribution < 1.29 is 15.6 Å². The molecule has 0 heterocycles. The van der Waals surface area contributed by atoms with Crippen molar-refractivity contribution in [1.82, 2.24) is 0 Å². The van der Waals surface area contributed by atoms with Crippen molar-refractivity contribution in [2.24, 2.45) is 10.8 Å². The fraction of sp³-hybridized carbons (Fsp3) is 0.231. The van der Waals surface area contributed by atoms with E-state index in [1.807, 2.05) is 0 Å². The van der Waals surface area contributed by atoms with E-state index >= 15 is 0 Å². The molecule has 0 aliphatic heterocycles. The van der Waals surface area contributed by atoms with E-state index in [0.29, 0.717) is 0 Å². The van der Waals surface area contributed by atoms with Crippen molar-refractivity contribution in [3.05, 3.63) is 179 Å². The van der Waals surface area contributed by atoms with Gasteiger partial charge in [0.05, 0.1) is 0 Å². The zero-order valence-electron chi connectivity index (χ0n) is 34.0. The Bertz CT molecular complexity index is 2320. The quantitative estimate of drug-likeness (QED) is 0.140. The molecule has 0 nitrogen and oxygen atoms in total. The van der Waals surface area contributed by atoms with E-state index in [1.165, 1.54) is 77.9 Å². The summed E-state index contributed by atoms with van der Waals surface area (Å²) in [7, 11) is 18.5. The first-order valence-electron chi connectivity index (χ1n) is 20.2. The zero-order valence-corrected chi connectivity index (χ0v) is 39.1. The van der Waals surface area contributed by atoms with E-state index in [0.717, 1.165) is 0 Å². The summed E-state index contributed by atoms with van der Waals surface area (Å²) in [6, 6.07) is 53.0. The Kier molecular flexibility index (Phi) is 10.1. The zero-order chi connectivity index (χ0) is 39.6. The summed E-state index contributed by atoms with van der Waals surface area (Å²) >= 11 is -5.38. The van der Waals surface area contributed by atoms with Gasteiger partial charge in [0.25, 0.3) is 0 Å². The molecule has 2 unspecified atom stereocenters. The maximum atomic E-state index is 9.27. The number of hydrogen-bond acceptors (Lipinski definition) is 0. The molecule has 0 amide bonds. The van der Waals surface area contributed by atoms with Crippen molar-refractivity contribution in [2.45, 2.75) is 61.9 Å². The van der Waals surface area contributed by atoms with E-state index in [-0.39, 0.29) is 18.1 Å². The van der Waals surface area contributed by atoms with Crippen LogP contribution in [-0.2, 0) is 15.6 Å². The second kappa shape index (κ2) is 14.4. The Labute approximate surface area is 344 Å². The van der Waals surface area contributed by atoms with Gasteiger partial charge in [-0.3, -0.25) is 0 Å². The molecule has 0 fully saturated rings. The SMILES string of the molecule is C[SiH](C)[Zr]([Cl])([Cl])([CH]1C(C(C)(C)C)=Cc2c(-c3ccccc3)ccc(-c3ccccc3)c21)[CH]1C(C(C)(C)C)=Cc2c(-c3ccccc3)ccc(-c3ccccc3)c21. The molecular weight excluding hydrogens is 815 g/mol. The summed E-state index contributed by atoms with van der Waals surface area (Å²) in [4.78, 5) is 0. The topological polar surface area (TPSA) is 0 Å². The molecular formula is C52H53Cl2SiZr. The van der Waals surface area contributed by atoms with Crippen LogP contribution >= 0.6 is 17.0 Å². The molecule has 0 aromatic heterocycles. The van der Waals surface area contributed by atoms with E-state index in [1.54, 1.807) is 0 Å². The van der Waals surface area contributed by atoms with E-state index < -0.39 is 21.5 Å². The molecule has 6 aromatic rings. The number of rotatable bonds is 7. The molecule has 0 N–H and O–H groups in total. The Morgan fingerprint density at radius 2 is 0.679 bits per heavy atom. The van der Waals surface area contributed by atoms with Gasteiger partial charge in [0.15, 0.2) is 0 Å². The molecule has 0 radical (unpaired) electrons. The monoisotopic (exact) mass is 865 g/mol. The van der Waals surface area contributed by atoms with Crippen LogP contribution in [0.2, 0.25) is 13.1 Å². The summed E-state index contributed by atoms with van der Waals surface area (Å²) in [6.45, 7) is 19.2. The van der Waals surface area contributed by atoms with Crippen LogP contribution in [0.25, 0.3) is 56.7 Å². The van der Waals surface area contributed by atoms with E-state index in [2.05, 4.69) is 212 Å². The third-order valence-electron chi connectivity index (χ3n) is 12.7. The first-order valence-corrected chi connectivity index (χ1v) is 36.5. The second-order valence-electron chi connectivity index (χ2n) is 18.4. The van der Waals surface area contributed by atoms with Gasteiger partial charge in [-0.1, -0.05) is 0 Å². The first kappa shape index (κ1) is 39.3. The summed E-state index contributed by atoms with van der Waals surface area (Å²) in [6.07, 6.45) is 5.05. The number of fused-ring (bicyclic) bond motifs is 2. The van der Waals surface area contributed by atoms with Crippen LogP contribution in [0.5, 0.6) is 0 Å². The number of hydrogen-bond donors (Lipinski definition) is 0. The summed E-state index contributed by atoms with van der Waals surface area (Å²) in [5.41, 5.74) is 17.5. The predicted molar refractivity (Wildman–Crippen MR) is 246 cm³/mol. The molecule has 283 valence electrons. The molecule has 8 rings (SSSR count). The second-order valence-corrected chi connectivity index (χ2v) is 60.9. The standard InChI is InChI=1S/2C25H23.C2H7Si.2ClH.Zr/c2*1-25(2,3)20-16-23-21(18-10-6-4-7-11-18)14-15-22(24(23)17-20)19-12-8-5-9-13-19;1-3-2;;;/h2*4-17H,1-3H3;3H,1-2H3;2*1H;/q;;;;;+2/p-2. The Hall–Kier alpha value is -3.52. The molecule has 2 aliphatic carbocycles. The van der Waals surface area contributed by atoms with Crippen LogP contribution in [0.4, 0.5) is 0 Å². The number of benzene rings is 6. The fourth-order valence-electron chi connectivity index (χ4n) is 9.75. The van der Waals surface area contributed by atoms with Crippen LogP contribution < -0.4 is 0 Å². The van der Waals surface area contributed by atoms with Crippen molar-refractivity contribution in [3.63, 3.8) is 0 Å². The Balaban J connectivity index is 1.52. The molecule has 0 spiro atoms. The van der Waals surface area contributed by atoms with Crippen LogP contribution in [0, 0.1) is 10.8 Å². The average molecular weight is 868 g/mol. The molecule has 2 atom stereocenters. The van der Waals surface area contributed by atoms with Gasteiger partial charge in [-0.2, -0.15) is 0 Å². The number of halogens is 2. The minimum atomic E-state index is -5.38. The maximum absolute atomic E-state index is 9.27. The third-order valence-corrected chi connectivity index (χ3v) is 64.1. The normalized spacial score (nSPS) is 17.5. The van der Waals surface area contributed by atoms with Crippen molar-refractivity contribution >= 4 is 35.1 Å². The van der Waals surface area contributed by atoms with Crippen LogP contribution in [0.15, 0.2) is 157 Å². The Morgan fingerprint density at radius 1 is 0.411 bits per heavy atom. The first-order chi connectivity index (χ1) is 26.6. The van der Waals surface area contributed by atoms with Gasteiger partial charge in [-0.25, -0.2) is 0 Å². The van der Waals surface area contributed by atoms with Gasteiger partial charge in [0.2, 0.25) is 0 Å². The average Bonchev–Trinajstić information content (AvgIpc) is 3.82. The van der Waals surface area contributed by atoms with Gasteiger partial charge in [-0.15, -0.1) is 0 Å². The summed E-state index contributed by atoms with van der Waals surface area (Å²) in [5.74, 6) is -1.91. The molecule has 56 heavy (non-hydrogen) atoms. The minimum absolute atomic E-state index is 0.0917. The van der Waals surface area contributed by atoms with Gasteiger partial charge in [0.1, 0.15) is 0 Å². The van der Waals surface area contributed by atoms with Crippen LogP contribution in [-0.4, -0.2) is 5.92 Å². The van der Waals surface area contributed by atoms with Crippen molar-refractivity contribution in [3.8, 4) is 44.5 Å². The molecule has 4 heteroatoms. The summed E-state index contributed by atoms with van der Waals surface area (Å²) in [5, 5.41) is 0. The van der Waals surface area contributed by atoms with Gasteiger partial charge in [0, 0.05) is 0 Å². The molecule has 6 aromatic carbocycles. The van der Waals surface area contributed by atoms with Gasteiger partial charge in [-0.05, 0) is 0 Å². The van der Waals surface area contributed by atoms with Gasteiger partial charge >= 0.3 is 347 Å². The third kappa shape index (κ3) is 6.44. The van der Waals surface area contributed by atoms with E-state index in [9.17, 15) is 17.0 Å². The van der Waals surface area contributed by atoms with E-state index in [4.69, 9.17) is 0 Å².